The Kier molecular flexibility index (Phi) is 4.57. The van der Waals surface area contributed by atoms with Gasteiger partial charge in [0.25, 0.3) is 0 Å². The topological polar surface area (TPSA) is 72.0 Å². The molecule has 2 aromatic rings. The van der Waals surface area contributed by atoms with Gasteiger partial charge in [-0.05, 0) is 30.7 Å². The number of aromatic nitrogens is 2. The lowest BCUT2D eigenvalue weighted by Crippen LogP contribution is -2.24. The van der Waals surface area contributed by atoms with Crippen molar-refractivity contribution in [3.63, 3.8) is 0 Å². The Hall–Kier alpha value is -2.40. The van der Waals surface area contributed by atoms with Crippen LogP contribution in [-0.4, -0.2) is 28.1 Å². The van der Waals surface area contributed by atoms with E-state index in [-0.39, 0.29) is 23.0 Å². The van der Waals surface area contributed by atoms with E-state index < -0.39 is 0 Å². The van der Waals surface area contributed by atoms with Gasteiger partial charge in [-0.25, -0.2) is 9.97 Å². The first-order valence-electron chi connectivity index (χ1n) is 7.96. The zero-order chi connectivity index (χ0) is 16.2. The molecule has 0 atom stereocenters. The van der Waals surface area contributed by atoms with Gasteiger partial charge in [0.2, 0.25) is 11.6 Å². The summed E-state index contributed by atoms with van der Waals surface area (Å²) < 4.78 is 0. The second-order valence-electron chi connectivity index (χ2n) is 5.68. The third-order valence-electron chi connectivity index (χ3n) is 3.99. The van der Waals surface area contributed by atoms with Crippen molar-refractivity contribution in [2.45, 2.75) is 32.7 Å². The van der Waals surface area contributed by atoms with Crippen LogP contribution in [0.2, 0.25) is 0 Å². The molecular weight excluding hydrogens is 290 g/mol. The highest BCUT2D eigenvalue weighted by atomic mass is 16.1. The minimum atomic E-state index is -0.231. The van der Waals surface area contributed by atoms with Crippen molar-refractivity contribution in [3.8, 4) is 0 Å². The van der Waals surface area contributed by atoms with Crippen LogP contribution in [0.3, 0.4) is 0 Å². The highest BCUT2D eigenvalue weighted by Crippen LogP contribution is 2.25. The Morgan fingerprint density at radius 2 is 1.65 bits per heavy atom. The predicted octanol–water partition coefficient (Wildman–Crippen LogP) is 2.53. The molecule has 118 valence electrons. The summed E-state index contributed by atoms with van der Waals surface area (Å²) in [6.07, 6.45) is 6.41. The van der Waals surface area contributed by atoms with Crippen molar-refractivity contribution < 1.29 is 9.59 Å². The standard InChI is InChI=1S/C18H19N3O2/c1-2-3-4-7-19-11-12-5-6-13-14(10-12)18(23)16-15(17(13)22)20-8-9-21-16/h5-6,8-10,19H,2-4,7,11H2,1H3. The number of hydrogen-bond acceptors (Lipinski definition) is 5. The summed E-state index contributed by atoms with van der Waals surface area (Å²) in [6.45, 7) is 3.81. The van der Waals surface area contributed by atoms with Gasteiger partial charge in [0, 0.05) is 30.1 Å². The monoisotopic (exact) mass is 309 g/mol. The zero-order valence-electron chi connectivity index (χ0n) is 13.1. The Morgan fingerprint density at radius 3 is 2.35 bits per heavy atom. The second-order valence-corrected chi connectivity index (χ2v) is 5.68. The maximum absolute atomic E-state index is 12.5. The van der Waals surface area contributed by atoms with Crippen LogP contribution in [0.25, 0.3) is 0 Å². The van der Waals surface area contributed by atoms with Crippen LogP contribution >= 0.6 is 0 Å². The molecule has 0 radical (unpaired) electrons. The van der Waals surface area contributed by atoms with E-state index in [4.69, 9.17) is 0 Å². The van der Waals surface area contributed by atoms with Crippen LogP contribution in [0, 0.1) is 0 Å². The van der Waals surface area contributed by atoms with Gasteiger partial charge in [-0.2, -0.15) is 0 Å². The smallest absolute Gasteiger partial charge is 0.214 e. The fraction of sp³-hybridized carbons (Fsp3) is 0.333. The average Bonchev–Trinajstić information content (AvgIpc) is 2.59. The molecule has 5 heteroatoms. The van der Waals surface area contributed by atoms with Crippen LogP contribution in [-0.2, 0) is 6.54 Å². The summed E-state index contributed by atoms with van der Waals surface area (Å²) in [6, 6.07) is 5.40. The summed E-state index contributed by atoms with van der Waals surface area (Å²) in [4.78, 5) is 33.0. The Morgan fingerprint density at radius 1 is 0.957 bits per heavy atom. The fourth-order valence-corrected chi connectivity index (χ4v) is 2.75. The van der Waals surface area contributed by atoms with Gasteiger partial charge >= 0.3 is 0 Å². The summed E-state index contributed by atoms with van der Waals surface area (Å²) in [5.41, 5.74) is 2.14. The van der Waals surface area contributed by atoms with Gasteiger partial charge in [0.1, 0.15) is 11.4 Å². The van der Waals surface area contributed by atoms with Crippen molar-refractivity contribution >= 4 is 11.6 Å². The highest BCUT2D eigenvalue weighted by molar-refractivity contribution is 6.26. The van der Waals surface area contributed by atoms with E-state index in [0.29, 0.717) is 17.7 Å². The Labute approximate surface area is 135 Å². The van der Waals surface area contributed by atoms with E-state index in [1.165, 1.54) is 25.2 Å². The van der Waals surface area contributed by atoms with Crippen LogP contribution in [0.1, 0.15) is 63.9 Å². The largest absolute Gasteiger partial charge is 0.313 e. The summed E-state index contributed by atoms with van der Waals surface area (Å²) in [7, 11) is 0. The van der Waals surface area contributed by atoms with Crippen molar-refractivity contribution in [2.75, 3.05) is 6.54 Å². The van der Waals surface area contributed by atoms with E-state index in [0.717, 1.165) is 18.5 Å². The lowest BCUT2D eigenvalue weighted by atomic mass is 9.88. The Balaban J connectivity index is 1.80. The molecule has 0 saturated carbocycles. The lowest BCUT2D eigenvalue weighted by molar-refractivity contribution is 0.0971. The molecule has 0 unspecified atom stereocenters. The van der Waals surface area contributed by atoms with E-state index in [1.54, 1.807) is 12.1 Å². The number of ketones is 2. The molecule has 1 heterocycles. The number of fused-ring (bicyclic) bond motifs is 2. The van der Waals surface area contributed by atoms with E-state index in [9.17, 15) is 9.59 Å². The quantitative estimate of drug-likeness (QED) is 0.708. The number of unbranched alkanes of at least 4 members (excludes halogenated alkanes) is 2. The first kappa shape index (κ1) is 15.5. The summed E-state index contributed by atoms with van der Waals surface area (Å²) in [5.74, 6) is -0.458. The molecule has 0 aliphatic heterocycles. The summed E-state index contributed by atoms with van der Waals surface area (Å²) in [5, 5.41) is 3.36. The van der Waals surface area contributed by atoms with Gasteiger partial charge in [0.15, 0.2) is 0 Å². The fourth-order valence-electron chi connectivity index (χ4n) is 2.75. The van der Waals surface area contributed by atoms with Gasteiger partial charge in [-0.1, -0.05) is 25.8 Å². The molecular formula is C18H19N3O2. The van der Waals surface area contributed by atoms with E-state index >= 15 is 0 Å². The number of rotatable bonds is 6. The minimum absolute atomic E-state index is 0.149. The van der Waals surface area contributed by atoms with Crippen molar-refractivity contribution in [1.82, 2.24) is 15.3 Å². The first-order valence-corrected chi connectivity index (χ1v) is 7.96. The third-order valence-corrected chi connectivity index (χ3v) is 3.99. The summed E-state index contributed by atoms with van der Waals surface area (Å²) >= 11 is 0. The maximum atomic E-state index is 12.5. The van der Waals surface area contributed by atoms with Crippen molar-refractivity contribution in [2.24, 2.45) is 0 Å². The maximum Gasteiger partial charge on any atom is 0.214 e. The molecule has 0 amide bonds. The zero-order valence-corrected chi connectivity index (χ0v) is 13.1. The van der Waals surface area contributed by atoms with E-state index in [1.807, 2.05) is 6.07 Å². The van der Waals surface area contributed by atoms with Gasteiger partial charge in [-0.15, -0.1) is 0 Å². The SMILES string of the molecule is CCCCCNCc1ccc2c(c1)C(=O)c1nccnc1C2=O. The molecule has 3 rings (SSSR count). The van der Waals surface area contributed by atoms with Gasteiger partial charge in [-0.3, -0.25) is 9.59 Å². The lowest BCUT2D eigenvalue weighted by Gasteiger charge is -2.16. The molecule has 1 aromatic heterocycles. The van der Waals surface area contributed by atoms with E-state index in [2.05, 4.69) is 22.2 Å². The average molecular weight is 309 g/mol. The number of benzene rings is 1. The number of hydrogen-bond donors (Lipinski definition) is 1. The third kappa shape index (κ3) is 3.05. The molecule has 5 nitrogen and oxygen atoms in total. The molecule has 0 bridgehead atoms. The van der Waals surface area contributed by atoms with Crippen LogP contribution in [0.4, 0.5) is 0 Å². The van der Waals surface area contributed by atoms with Crippen LogP contribution in [0.15, 0.2) is 30.6 Å². The molecule has 1 aliphatic carbocycles. The Bertz CT molecular complexity index is 756. The number of nitrogens with one attached hydrogen (secondary N) is 1. The number of carbonyl (C=O) groups is 2. The molecule has 23 heavy (non-hydrogen) atoms. The predicted molar refractivity (Wildman–Crippen MR) is 86.6 cm³/mol. The highest BCUT2D eigenvalue weighted by Gasteiger charge is 2.31. The molecule has 0 fully saturated rings. The van der Waals surface area contributed by atoms with Crippen LogP contribution < -0.4 is 5.32 Å². The molecule has 1 aliphatic rings. The van der Waals surface area contributed by atoms with Crippen molar-refractivity contribution in [1.29, 1.82) is 0 Å². The van der Waals surface area contributed by atoms with Gasteiger partial charge in [0.05, 0.1) is 0 Å². The first-order chi connectivity index (χ1) is 11.2. The van der Waals surface area contributed by atoms with Crippen LogP contribution in [0.5, 0.6) is 0 Å². The molecule has 1 aromatic carbocycles. The molecule has 0 saturated heterocycles. The van der Waals surface area contributed by atoms with Gasteiger partial charge < -0.3 is 5.32 Å². The number of carbonyl (C=O) groups excluding carboxylic acids is 2. The van der Waals surface area contributed by atoms with Crippen molar-refractivity contribution in [3.05, 3.63) is 58.7 Å². The molecule has 0 spiro atoms. The second kappa shape index (κ2) is 6.79. The normalized spacial score (nSPS) is 12.9. The minimum Gasteiger partial charge on any atom is -0.313 e. The molecule has 1 N–H and O–H groups in total. The number of nitrogens with zero attached hydrogens (tertiary/aromatic N) is 2.